The maximum atomic E-state index is 12.6. The summed E-state index contributed by atoms with van der Waals surface area (Å²) in [5, 5.41) is 11.4. The molecule has 3 aromatic heterocycles. The Morgan fingerprint density at radius 1 is 1.12 bits per heavy atom. The SMILES string of the molecule is CC(C)C[C@@H](C(=O)NCCc1nnc2ccccn12)n1cccc1. The first kappa shape index (κ1) is 16.2. The van der Waals surface area contributed by atoms with Gasteiger partial charge in [-0.1, -0.05) is 19.9 Å². The molecule has 3 heterocycles. The average molecular weight is 325 g/mol. The van der Waals surface area contributed by atoms with Gasteiger partial charge in [0, 0.05) is 31.6 Å². The molecule has 0 aliphatic heterocycles. The lowest BCUT2D eigenvalue weighted by Gasteiger charge is -2.20. The van der Waals surface area contributed by atoms with Crippen molar-refractivity contribution in [2.24, 2.45) is 5.92 Å². The van der Waals surface area contributed by atoms with Crippen molar-refractivity contribution in [3.05, 3.63) is 54.7 Å². The van der Waals surface area contributed by atoms with Gasteiger partial charge in [-0.3, -0.25) is 9.20 Å². The number of nitrogens with zero attached hydrogens (tertiary/aromatic N) is 4. The lowest BCUT2D eigenvalue weighted by Crippen LogP contribution is -2.34. The highest BCUT2D eigenvalue weighted by Gasteiger charge is 2.20. The molecule has 24 heavy (non-hydrogen) atoms. The zero-order valence-electron chi connectivity index (χ0n) is 14.1. The first-order valence-electron chi connectivity index (χ1n) is 8.34. The maximum Gasteiger partial charge on any atom is 0.243 e. The van der Waals surface area contributed by atoms with Gasteiger partial charge in [0.15, 0.2) is 5.65 Å². The van der Waals surface area contributed by atoms with Gasteiger partial charge < -0.3 is 9.88 Å². The minimum Gasteiger partial charge on any atom is -0.354 e. The van der Waals surface area contributed by atoms with Crippen LogP contribution in [0.25, 0.3) is 5.65 Å². The number of fused-ring (bicyclic) bond motifs is 1. The smallest absolute Gasteiger partial charge is 0.243 e. The maximum absolute atomic E-state index is 12.6. The topological polar surface area (TPSA) is 64.2 Å². The number of hydrogen-bond donors (Lipinski definition) is 1. The Morgan fingerprint density at radius 3 is 2.62 bits per heavy atom. The molecule has 0 saturated carbocycles. The van der Waals surface area contributed by atoms with Crippen LogP contribution in [-0.4, -0.2) is 31.6 Å². The first-order valence-corrected chi connectivity index (χ1v) is 8.34. The standard InChI is InChI=1S/C18H23N5O/c1-14(2)13-15(22-10-5-6-11-22)18(24)19-9-8-17-21-20-16-7-3-4-12-23(16)17/h3-7,10-12,14-15H,8-9,13H2,1-2H3,(H,19,24)/t15-/m0/s1. The number of rotatable bonds is 7. The third-order valence-corrected chi connectivity index (χ3v) is 4.02. The van der Waals surface area contributed by atoms with Crippen molar-refractivity contribution in [3.63, 3.8) is 0 Å². The highest BCUT2D eigenvalue weighted by atomic mass is 16.2. The van der Waals surface area contributed by atoms with Crippen molar-refractivity contribution in [3.8, 4) is 0 Å². The number of pyridine rings is 1. The lowest BCUT2D eigenvalue weighted by molar-refractivity contribution is -0.124. The monoisotopic (exact) mass is 325 g/mol. The Hall–Kier alpha value is -2.63. The van der Waals surface area contributed by atoms with Crippen molar-refractivity contribution in [2.45, 2.75) is 32.7 Å². The molecule has 1 atom stereocenters. The molecule has 6 heteroatoms. The number of carbonyl (C=O) groups is 1. The second-order valence-corrected chi connectivity index (χ2v) is 6.36. The Kier molecular flexibility index (Phi) is 4.93. The van der Waals surface area contributed by atoms with E-state index >= 15 is 0 Å². The molecule has 0 radical (unpaired) electrons. The van der Waals surface area contributed by atoms with E-state index in [1.54, 1.807) is 0 Å². The zero-order chi connectivity index (χ0) is 16.9. The van der Waals surface area contributed by atoms with Crippen LogP contribution in [0.1, 0.15) is 32.1 Å². The van der Waals surface area contributed by atoms with Crippen LogP contribution >= 0.6 is 0 Å². The van der Waals surface area contributed by atoms with E-state index in [1.165, 1.54) is 0 Å². The van der Waals surface area contributed by atoms with Gasteiger partial charge in [0.2, 0.25) is 5.91 Å². The summed E-state index contributed by atoms with van der Waals surface area (Å²) in [6.07, 6.45) is 7.29. The van der Waals surface area contributed by atoms with Gasteiger partial charge in [0.1, 0.15) is 11.9 Å². The fraction of sp³-hybridized carbons (Fsp3) is 0.389. The molecule has 1 amide bonds. The van der Waals surface area contributed by atoms with E-state index < -0.39 is 0 Å². The molecule has 0 bridgehead atoms. The minimum atomic E-state index is -0.171. The number of carbonyl (C=O) groups excluding carboxylic acids is 1. The van der Waals surface area contributed by atoms with E-state index in [-0.39, 0.29) is 11.9 Å². The van der Waals surface area contributed by atoms with Gasteiger partial charge in [0.25, 0.3) is 0 Å². The summed E-state index contributed by atoms with van der Waals surface area (Å²) < 4.78 is 3.92. The third-order valence-electron chi connectivity index (χ3n) is 4.02. The van der Waals surface area contributed by atoms with Gasteiger partial charge in [-0.15, -0.1) is 10.2 Å². The number of nitrogens with one attached hydrogen (secondary N) is 1. The normalized spacial score (nSPS) is 12.6. The lowest BCUT2D eigenvalue weighted by atomic mass is 10.0. The highest BCUT2D eigenvalue weighted by Crippen LogP contribution is 2.18. The molecule has 0 saturated heterocycles. The number of hydrogen-bond acceptors (Lipinski definition) is 3. The molecule has 0 fully saturated rings. The zero-order valence-corrected chi connectivity index (χ0v) is 14.1. The van der Waals surface area contributed by atoms with E-state index in [4.69, 9.17) is 0 Å². The average Bonchev–Trinajstić information content (AvgIpc) is 3.22. The largest absolute Gasteiger partial charge is 0.354 e. The Balaban J connectivity index is 1.61. The summed E-state index contributed by atoms with van der Waals surface area (Å²) >= 11 is 0. The molecule has 0 aliphatic carbocycles. The van der Waals surface area contributed by atoms with Crippen LogP contribution < -0.4 is 5.32 Å². The van der Waals surface area contributed by atoms with E-state index in [9.17, 15) is 4.79 Å². The van der Waals surface area contributed by atoms with E-state index in [0.29, 0.717) is 18.9 Å². The molecule has 6 nitrogen and oxygen atoms in total. The second-order valence-electron chi connectivity index (χ2n) is 6.36. The summed E-state index contributed by atoms with van der Waals surface area (Å²) in [6, 6.07) is 9.52. The van der Waals surface area contributed by atoms with Gasteiger partial charge in [0.05, 0.1) is 0 Å². The van der Waals surface area contributed by atoms with Gasteiger partial charge in [-0.05, 0) is 36.6 Å². The summed E-state index contributed by atoms with van der Waals surface area (Å²) in [4.78, 5) is 12.6. The van der Waals surface area contributed by atoms with E-state index in [2.05, 4.69) is 29.4 Å². The fourth-order valence-electron chi connectivity index (χ4n) is 2.84. The van der Waals surface area contributed by atoms with Crippen LogP contribution in [0.3, 0.4) is 0 Å². The van der Waals surface area contributed by atoms with Crippen LogP contribution in [0.5, 0.6) is 0 Å². The van der Waals surface area contributed by atoms with Crippen molar-refractivity contribution in [1.82, 2.24) is 24.5 Å². The summed E-state index contributed by atoms with van der Waals surface area (Å²) in [5.41, 5.74) is 0.823. The Labute approximate surface area is 141 Å². The van der Waals surface area contributed by atoms with Crippen molar-refractivity contribution < 1.29 is 4.79 Å². The molecule has 3 rings (SSSR count). The molecule has 0 unspecified atom stereocenters. The van der Waals surface area contributed by atoms with Gasteiger partial charge in [-0.25, -0.2) is 0 Å². The fourth-order valence-corrected chi connectivity index (χ4v) is 2.84. The molecular weight excluding hydrogens is 302 g/mol. The van der Waals surface area contributed by atoms with Gasteiger partial charge in [-0.2, -0.15) is 0 Å². The number of aromatic nitrogens is 4. The first-order chi connectivity index (χ1) is 11.6. The van der Waals surface area contributed by atoms with Crippen LogP contribution in [0.15, 0.2) is 48.9 Å². The molecule has 1 N–H and O–H groups in total. The van der Waals surface area contributed by atoms with Crippen LogP contribution in [0, 0.1) is 5.92 Å². The second kappa shape index (κ2) is 7.29. The molecule has 0 aromatic carbocycles. The van der Waals surface area contributed by atoms with E-state index in [0.717, 1.165) is 17.9 Å². The molecule has 0 spiro atoms. The number of amides is 1. The Morgan fingerprint density at radius 2 is 1.88 bits per heavy atom. The molecular formula is C18H23N5O. The Bertz CT molecular complexity index is 791. The van der Waals surface area contributed by atoms with Crippen LogP contribution in [-0.2, 0) is 11.2 Å². The quantitative estimate of drug-likeness (QED) is 0.726. The third kappa shape index (κ3) is 3.64. The van der Waals surface area contributed by atoms with Crippen molar-refractivity contribution in [2.75, 3.05) is 6.54 Å². The molecule has 3 aromatic rings. The van der Waals surface area contributed by atoms with Crippen molar-refractivity contribution >= 4 is 11.6 Å². The van der Waals surface area contributed by atoms with Gasteiger partial charge >= 0.3 is 0 Å². The predicted octanol–water partition coefficient (Wildman–Crippen LogP) is 2.48. The van der Waals surface area contributed by atoms with E-state index in [1.807, 2.05) is 57.9 Å². The predicted molar refractivity (Wildman–Crippen MR) is 92.6 cm³/mol. The summed E-state index contributed by atoms with van der Waals surface area (Å²) in [5.74, 6) is 1.35. The summed E-state index contributed by atoms with van der Waals surface area (Å²) in [6.45, 7) is 4.81. The minimum absolute atomic E-state index is 0.0497. The summed E-state index contributed by atoms with van der Waals surface area (Å²) in [7, 11) is 0. The highest BCUT2D eigenvalue weighted by molar-refractivity contribution is 5.80. The van der Waals surface area contributed by atoms with Crippen LogP contribution in [0.2, 0.25) is 0 Å². The van der Waals surface area contributed by atoms with Crippen LogP contribution in [0.4, 0.5) is 0 Å². The molecule has 126 valence electrons. The molecule has 0 aliphatic rings. The van der Waals surface area contributed by atoms with Crippen molar-refractivity contribution in [1.29, 1.82) is 0 Å².